The van der Waals surface area contributed by atoms with E-state index in [1.807, 2.05) is 18.2 Å². The monoisotopic (exact) mass is 344 g/mol. The Morgan fingerprint density at radius 1 is 1.39 bits per heavy atom. The summed E-state index contributed by atoms with van der Waals surface area (Å²) in [5.41, 5.74) is 5.22. The van der Waals surface area contributed by atoms with Gasteiger partial charge in [-0.3, -0.25) is 11.3 Å². The Kier molecular flexibility index (Phi) is 5.21. The van der Waals surface area contributed by atoms with Crippen molar-refractivity contribution < 1.29 is 0 Å². The van der Waals surface area contributed by atoms with Crippen molar-refractivity contribution >= 4 is 38.9 Å². The van der Waals surface area contributed by atoms with Crippen molar-refractivity contribution in [3.8, 4) is 0 Å². The smallest absolute Gasteiger partial charge is 0.0596 e. The van der Waals surface area contributed by atoms with E-state index in [4.69, 9.17) is 17.4 Å². The second-order valence-corrected chi connectivity index (χ2v) is 6.04. The molecule has 5 heteroatoms. The fraction of sp³-hybridized carbons (Fsp3) is 0.231. The van der Waals surface area contributed by atoms with Crippen LogP contribution in [0, 0.1) is 0 Å². The van der Waals surface area contributed by atoms with Crippen molar-refractivity contribution in [2.75, 3.05) is 0 Å². The van der Waals surface area contributed by atoms with Crippen molar-refractivity contribution in [1.29, 1.82) is 0 Å². The highest BCUT2D eigenvalue weighted by atomic mass is 79.9. The summed E-state index contributed by atoms with van der Waals surface area (Å²) >= 11 is 11.4. The molecule has 1 aromatic heterocycles. The Hall–Kier alpha value is -0.390. The first-order chi connectivity index (χ1) is 8.72. The molecule has 0 radical (unpaired) electrons. The fourth-order valence-electron chi connectivity index (χ4n) is 1.86. The van der Waals surface area contributed by atoms with Crippen molar-refractivity contribution in [2.45, 2.75) is 18.9 Å². The molecular weight excluding hydrogens is 332 g/mol. The molecule has 1 atom stereocenters. The molecule has 0 saturated heterocycles. The summed E-state index contributed by atoms with van der Waals surface area (Å²) in [5.74, 6) is 5.64. The minimum Gasteiger partial charge on any atom is -0.271 e. The van der Waals surface area contributed by atoms with Gasteiger partial charge in [0.2, 0.25) is 0 Å². The van der Waals surface area contributed by atoms with Crippen molar-refractivity contribution in [3.63, 3.8) is 0 Å². The Bertz CT molecular complexity index is 502. The van der Waals surface area contributed by atoms with Crippen LogP contribution in [-0.4, -0.2) is 0 Å². The van der Waals surface area contributed by atoms with Gasteiger partial charge in [-0.1, -0.05) is 23.7 Å². The van der Waals surface area contributed by atoms with Crippen molar-refractivity contribution in [1.82, 2.24) is 5.43 Å². The Balaban J connectivity index is 2.10. The maximum Gasteiger partial charge on any atom is 0.0596 e. The lowest BCUT2D eigenvalue weighted by Gasteiger charge is -2.18. The third-order valence-electron chi connectivity index (χ3n) is 2.86. The summed E-state index contributed by atoms with van der Waals surface area (Å²) in [7, 11) is 0. The number of hydrazine groups is 1. The number of hydrogen-bond donors (Lipinski definition) is 2. The lowest BCUT2D eigenvalue weighted by Crippen LogP contribution is -2.28. The Morgan fingerprint density at radius 3 is 2.89 bits per heavy atom. The zero-order valence-electron chi connectivity index (χ0n) is 9.70. The summed E-state index contributed by atoms with van der Waals surface area (Å²) in [4.78, 5) is 0. The van der Waals surface area contributed by atoms with E-state index in [9.17, 15) is 0 Å². The Labute approximate surface area is 124 Å². The molecule has 0 fully saturated rings. The van der Waals surface area contributed by atoms with Crippen LogP contribution in [0.25, 0.3) is 0 Å². The molecule has 2 nitrogen and oxygen atoms in total. The predicted molar refractivity (Wildman–Crippen MR) is 81.9 cm³/mol. The molecule has 96 valence electrons. The van der Waals surface area contributed by atoms with Crippen LogP contribution in [0.4, 0.5) is 0 Å². The molecule has 0 aliphatic heterocycles. The van der Waals surface area contributed by atoms with Gasteiger partial charge in [-0.15, -0.1) is 0 Å². The molecule has 2 rings (SSSR count). The third kappa shape index (κ3) is 3.33. The molecule has 1 aromatic carbocycles. The molecule has 1 unspecified atom stereocenters. The maximum atomic E-state index is 6.29. The van der Waals surface area contributed by atoms with Crippen LogP contribution < -0.4 is 11.3 Å². The number of thiophene rings is 1. The van der Waals surface area contributed by atoms with E-state index in [0.717, 1.165) is 27.9 Å². The van der Waals surface area contributed by atoms with Gasteiger partial charge in [0, 0.05) is 10.5 Å². The highest BCUT2D eigenvalue weighted by Gasteiger charge is 2.14. The minimum atomic E-state index is 0.0647. The molecule has 2 aromatic rings. The van der Waals surface area contributed by atoms with Gasteiger partial charge in [-0.05, 0) is 62.8 Å². The number of rotatable bonds is 5. The van der Waals surface area contributed by atoms with Gasteiger partial charge >= 0.3 is 0 Å². The first-order valence-corrected chi connectivity index (χ1v) is 7.75. The molecule has 0 bridgehead atoms. The summed E-state index contributed by atoms with van der Waals surface area (Å²) in [6, 6.07) is 8.11. The summed E-state index contributed by atoms with van der Waals surface area (Å²) in [5, 5.41) is 4.98. The maximum absolute atomic E-state index is 6.29. The van der Waals surface area contributed by atoms with Crippen molar-refractivity contribution in [2.24, 2.45) is 5.84 Å². The van der Waals surface area contributed by atoms with Crippen LogP contribution in [-0.2, 0) is 6.42 Å². The van der Waals surface area contributed by atoms with Crippen LogP contribution in [0.1, 0.15) is 23.6 Å². The average molecular weight is 346 g/mol. The average Bonchev–Trinajstić information content (AvgIpc) is 2.88. The highest BCUT2D eigenvalue weighted by Crippen LogP contribution is 2.31. The third-order valence-corrected chi connectivity index (χ3v) is 4.90. The van der Waals surface area contributed by atoms with Gasteiger partial charge in [0.05, 0.1) is 5.02 Å². The minimum absolute atomic E-state index is 0.0647. The van der Waals surface area contributed by atoms with E-state index in [2.05, 4.69) is 38.2 Å². The second-order valence-electron chi connectivity index (χ2n) is 4.03. The second kappa shape index (κ2) is 6.68. The van der Waals surface area contributed by atoms with Gasteiger partial charge in [-0.2, -0.15) is 11.3 Å². The number of aryl methyl sites for hydroxylation is 1. The molecule has 3 N–H and O–H groups in total. The van der Waals surface area contributed by atoms with Crippen LogP contribution in [0.2, 0.25) is 5.02 Å². The zero-order valence-corrected chi connectivity index (χ0v) is 12.9. The quantitative estimate of drug-likeness (QED) is 0.626. The largest absolute Gasteiger partial charge is 0.271 e. The van der Waals surface area contributed by atoms with Crippen LogP contribution in [0.15, 0.2) is 39.5 Å². The van der Waals surface area contributed by atoms with Crippen LogP contribution in [0.3, 0.4) is 0 Å². The highest BCUT2D eigenvalue weighted by molar-refractivity contribution is 9.10. The standard InChI is InChI=1S/C13H14BrClN2S/c14-11-3-1-2-10(13(11)15)12(17-16)5-4-9-6-7-18-8-9/h1-3,6-8,12,17H,4-5,16H2. The topological polar surface area (TPSA) is 38.0 Å². The number of hydrogen-bond acceptors (Lipinski definition) is 3. The first-order valence-electron chi connectivity index (χ1n) is 5.63. The van der Waals surface area contributed by atoms with Crippen LogP contribution in [0.5, 0.6) is 0 Å². The molecule has 0 aliphatic rings. The fourth-order valence-corrected chi connectivity index (χ4v) is 3.21. The van der Waals surface area contributed by atoms with Gasteiger partial charge in [0.25, 0.3) is 0 Å². The summed E-state index contributed by atoms with van der Waals surface area (Å²) < 4.78 is 0.900. The molecule has 0 spiro atoms. The van der Waals surface area contributed by atoms with Crippen LogP contribution >= 0.6 is 38.9 Å². The van der Waals surface area contributed by atoms with E-state index in [0.29, 0.717) is 0 Å². The molecule has 1 heterocycles. The van der Waals surface area contributed by atoms with E-state index >= 15 is 0 Å². The number of halogens is 2. The van der Waals surface area contributed by atoms with Crippen molar-refractivity contribution in [3.05, 3.63) is 55.6 Å². The number of nitrogens with two attached hydrogens (primary N) is 1. The molecule has 0 aliphatic carbocycles. The van der Waals surface area contributed by atoms with Gasteiger partial charge in [0.1, 0.15) is 0 Å². The summed E-state index contributed by atoms with van der Waals surface area (Å²) in [6.07, 6.45) is 1.91. The first kappa shape index (κ1) is 14.0. The SMILES string of the molecule is NNC(CCc1ccsc1)c1cccc(Br)c1Cl. The molecule has 0 saturated carbocycles. The molecule has 18 heavy (non-hydrogen) atoms. The van der Waals surface area contributed by atoms with Gasteiger partial charge in [0.15, 0.2) is 0 Å². The van der Waals surface area contributed by atoms with E-state index in [1.54, 1.807) is 11.3 Å². The summed E-state index contributed by atoms with van der Waals surface area (Å²) in [6.45, 7) is 0. The lowest BCUT2D eigenvalue weighted by molar-refractivity contribution is 0.516. The van der Waals surface area contributed by atoms with Gasteiger partial charge in [-0.25, -0.2) is 0 Å². The number of nitrogens with one attached hydrogen (secondary N) is 1. The zero-order chi connectivity index (χ0) is 13.0. The van der Waals surface area contributed by atoms with E-state index in [1.165, 1.54) is 5.56 Å². The molecule has 0 amide bonds. The van der Waals surface area contributed by atoms with Gasteiger partial charge < -0.3 is 0 Å². The normalized spacial score (nSPS) is 12.6. The molecular formula is C13H14BrClN2S. The predicted octanol–water partition coefficient (Wildman–Crippen LogP) is 4.30. The lowest BCUT2D eigenvalue weighted by atomic mass is 10.0. The Morgan fingerprint density at radius 2 is 2.22 bits per heavy atom. The van der Waals surface area contributed by atoms with E-state index < -0.39 is 0 Å². The number of benzene rings is 1. The van der Waals surface area contributed by atoms with E-state index in [-0.39, 0.29) is 6.04 Å².